The second kappa shape index (κ2) is 7.09. The fourth-order valence-corrected chi connectivity index (χ4v) is 1.96. The molecule has 0 radical (unpaired) electrons. The monoisotopic (exact) mass is 291 g/mol. The van der Waals surface area contributed by atoms with Gasteiger partial charge >= 0.3 is 0 Å². The van der Waals surface area contributed by atoms with Crippen molar-refractivity contribution in [2.45, 2.75) is 13.3 Å². The number of hydrogen-bond donors (Lipinski definition) is 1. The maximum Gasteiger partial charge on any atom is 0.0639 e. The van der Waals surface area contributed by atoms with E-state index in [1.54, 1.807) is 0 Å². The van der Waals surface area contributed by atoms with Crippen LogP contribution in [0.2, 0.25) is 5.02 Å². The maximum absolute atomic E-state index is 5.84. The summed E-state index contributed by atoms with van der Waals surface area (Å²) in [5.41, 5.74) is 1.04. The van der Waals surface area contributed by atoms with Gasteiger partial charge in [-0.3, -0.25) is 0 Å². The van der Waals surface area contributed by atoms with Crippen LogP contribution >= 0.6 is 27.5 Å². The van der Waals surface area contributed by atoms with Gasteiger partial charge in [-0.15, -0.1) is 0 Å². The smallest absolute Gasteiger partial charge is 0.0639 e. The van der Waals surface area contributed by atoms with E-state index in [0.29, 0.717) is 0 Å². The topological polar surface area (TPSA) is 21.3 Å². The quantitative estimate of drug-likeness (QED) is 0.802. The molecule has 0 aliphatic carbocycles. The van der Waals surface area contributed by atoms with E-state index in [2.05, 4.69) is 28.2 Å². The third-order valence-corrected chi connectivity index (χ3v) is 2.73. The summed E-state index contributed by atoms with van der Waals surface area (Å²) in [6.45, 7) is 4.45. The Labute approximate surface area is 104 Å². The van der Waals surface area contributed by atoms with Crippen molar-refractivity contribution < 1.29 is 4.74 Å². The van der Waals surface area contributed by atoms with Crippen LogP contribution in [0, 0.1) is 0 Å². The zero-order valence-corrected chi connectivity index (χ0v) is 11.1. The van der Waals surface area contributed by atoms with Crippen LogP contribution < -0.4 is 5.32 Å². The Morgan fingerprint density at radius 3 is 2.87 bits per heavy atom. The Kier molecular flexibility index (Phi) is 6.06. The molecular weight excluding hydrogens is 277 g/mol. The van der Waals surface area contributed by atoms with Crippen LogP contribution in [-0.2, 0) is 4.74 Å². The van der Waals surface area contributed by atoms with Gasteiger partial charge in [-0.05, 0) is 40.5 Å². The fraction of sp³-hybridized carbons (Fsp3) is 0.455. The zero-order chi connectivity index (χ0) is 11.1. The average Bonchev–Trinajstić information content (AvgIpc) is 2.20. The molecule has 0 aliphatic heterocycles. The Morgan fingerprint density at radius 2 is 2.20 bits per heavy atom. The van der Waals surface area contributed by atoms with Gasteiger partial charge in [-0.2, -0.15) is 0 Å². The second-order valence-electron chi connectivity index (χ2n) is 3.16. The van der Waals surface area contributed by atoms with Crippen molar-refractivity contribution in [3.63, 3.8) is 0 Å². The lowest BCUT2D eigenvalue weighted by atomic mass is 10.3. The number of hydrogen-bond acceptors (Lipinski definition) is 2. The maximum atomic E-state index is 5.84. The molecule has 84 valence electrons. The summed E-state index contributed by atoms with van der Waals surface area (Å²) in [4.78, 5) is 0. The zero-order valence-electron chi connectivity index (χ0n) is 8.72. The number of nitrogens with one attached hydrogen (secondary N) is 1. The number of anilines is 1. The van der Waals surface area contributed by atoms with Crippen LogP contribution in [0.5, 0.6) is 0 Å². The van der Waals surface area contributed by atoms with Gasteiger partial charge in [0, 0.05) is 28.3 Å². The molecule has 0 bridgehead atoms. The molecule has 1 rings (SSSR count). The van der Waals surface area contributed by atoms with Crippen molar-refractivity contribution >= 4 is 33.2 Å². The molecule has 4 heteroatoms. The van der Waals surface area contributed by atoms with E-state index in [1.807, 2.05) is 18.2 Å². The summed E-state index contributed by atoms with van der Waals surface area (Å²) in [5, 5.41) is 4.00. The molecule has 0 amide bonds. The molecule has 0 spiro atoms. The molecule has 0 aromatic heterocycles. The van der Waals surface area contributed by atoms with E-state index in [9.17, 15) is 0 Å². The Bertz CT molecular complexity index is 307. The molecule has 0 saturated carbocycles. The molecule has 1 N–H and O–H groups in total. The van der Waals surface area contributed by atoms with Crippen molar-refractivity contribution in [3.05, 3.63) is 27.7 Å². The van der Waals surface area contributed by atoms with Crippen LogP contribution in [0.15, 0.2) is 22.7 Å². The molecule has 0 unspecified atom stereocenters. The van der Waals surface area contributed by atoms with Crippen LogP contribution in [0.25, 0.3) is 0 Å². The van der Waals surface area contributed by atoms with E-state index in [0.717, 1.165) is 41.4 Å². The van der Waals surface area contributed by atoms with Gasteiger partial charge in [0.1, 0.15) is 0 Å². The first kappa shape index (κ1) is 12.8. The van der Waals surface area contributed by atoms with Crippen LogP contribution in [-0.4, -0.2) is 19.8 Å². The van der Waals surface area contributed by atoms with Gasteiger partial charge in [0.25, 0.3) is 0 Å². The van der Waals surface area contributed by atoms with Crippen molar-refractivity contribution in [1.82, 2.24) is 0 Å². The van der Waals surface area contributed by atoms with E-state index < -0.39 is 0 Å². The van der Waals surface area contributed by atoms with Gasteiger partial charge in [-0.1, -0.05) is 18.5 Å². The van der Waals surface area contributed by atoms with Gasteiger partial charge in [0.05, 0.1) is 6.61 Å². The lowest BCUT2D eigenvalue weighted by Gasteiger charge is -2.08. The van der Waals surface area contributed by atoms with Crippen molar-refractivity contribution in [2.75, 3.05) is 25.1 Å². The van der Waals surface area contributed by atoms with E-state index in [1.165, 1.54) is 0 Å². The van der Waals surface area contributed by atoms with Crippen LogP contribution in [0.3, 0.4) is 0 Å². The van der Waals surface area contributed by atoms with E-state index in [4.69, 9.17) is 16.3 Å². The SMILES string of the molecule is CCCOCCNc1ccc(Cl)cc1Br. The predicted octanol–water partition coefficient (Wildman–Crippen LogP) is 3.94. The average molecular weight is 293 g/mol. The molecular formula is C11H15BrClNO. The fourth-order valence-electron chi connectivity index (χ4n) is 1.14. The van der Waals surface area contributed by atoms with Gasteiger partial charge < -0.3 is 10.1 Å². The minimum atomic E-state index is 0.725. The summed E-state index contributed by atoms with van der Waals surface area (Å²) in [5.74, 6) is 0. The van der Waals surface area contributed by atoms with E-state index in [-0.39, 0.29) is 0 Å². The molecule has 0 atom stereocenters. The summed E-state index contributed by atoms with van der Waals surface area (Å²) in [7, 11) is 0. The Hall–Kier alpha value is -0.250. The number of benzene rings is 1. The van der Waals surface area contributed by atoms with Crippen molar-refractivity contribution in [2.24, 2.45) is 0 Å². The molecule has 0 saturated heterocycles. The van der Waals surface area contributed by atoms with E-state index >= 15 is 0 Å². The number of halogens is 2. The molecule has 1 aromatic rings. The molecule has 2 nitrogen and oxygen atoms in total. The lowest BCUT2D eigenvalue weighted by molar-refractivity contribution is 0.144. The van der Waals surface area contributed by atoms with Crippen molar-refractivity contribution in [1.29, 1.82) is 0 Å². The van der Waals surface area contributed by atoms with Gasteiger partial charge in [-0.25, -0.2) is 0 Å². The lowest BCUT2D eigenvalue weighted by Crippen LogP contribution is -2.09. The minimum absolute atomic E-state index is 0.725. The molecule has 0 fully saturated rings. The first-order chi connectivity index (χ1) is 7.24. The third kappa shape index (κ3) is 4.87. The van der Waals surface area contributed by atoms with Crippen molar-refractivity contribution in [3.8, 4) is 0 Å². The predicted molar refractivity (Wildman–Crippen MR) is 68.8 cm³/mol. The number of rotatable bonds is 6. The van der Waals surface area contributed by atoms with Gasteiger partial charge in [0.15, 0.2) is 0 Å². The number of ether oxygens (including phenoxy) is 1. The molecule has 0 heterocycles. The van der Waals surface area contributed by atoms with Gasteiger partial charge in [0.2, 0.25) is 0 Å². The highest BCUT2D eigenvalue weighted by Crippen LogP contribution is 2.25. The Morgan fingerprint density at radius 1 is 1.40 bits per heavy atom. The first-order valence-electron chi connectivity index (χ1n) is 5.00. The first-order valence-corrected chi connectivity index (χ1v) is 6.17. The highest BCUT2D eigenvalue weighted by atomic mass is 79.9. The third-order valence-electron chi connectivity index (χ3n) is 1.84. The molecule has 0 aliphatic rings. The normalized spacial score (nSPS) is 10.3. The summed E-state index contributed by atoms with van der Waals surface area (Å²) < 4.78 is 6.34. The van der Waals surface area contributed by atoms with Crippen LogP contribution in [0.4, 0.5) is 5.69 Å². The summed E-state index contributed by atoms with van der Waals surface area (Å²) in [6.07, 6.45) is 1.06. The molecule has 15 heavy (non-hydrogen) atoms. The Balaban J connectivity index is 2.31. The standard InChI is InChI=1S/C11H15BrClNO/c1-2-6-15-7-5-14-11-4-3-9(13)8-10(11)12/h3-4,8,14H,2,5-7H2,1H3. The molecule has 1 aromatic carbocycles. The van der Waals surface area contributed by atoms with Crippen LogP contribution in [0.1, 0.15) is 13.3 Å². The summed E-state index contributed by atoms with van der Waals surface area (Å²) in [6, 6.07) is 5.69. The largest absolute Gasteiger partial charge is 0.382 e. The summed E-state index contributed by atoms with van der Waals surface area (Å²) >= 11 is 9.28. The minimum Gasteiger partial charge on any atom is -0.382 e. The second-order valence-corrected chi connectivity index (χ2v) is 4.45. The highest BCUT2D eigenvalue weighted by Gasteiger charge is 1.99. The highest BCUT2D eigenvalue weighted by molar-refractivity contribution is 9.10.